The lowest BCUT2D eigenvalue weighted by molar-refractivity contribution is 0.792. The Balaban J connectivity index is 2.37. The van der Waals surface area contributed by atoms with E-state index in [0.717, 1.165) is 22.4 Å². The maximum absolute atomic E-state index is 4.49. The summed E-state index contributed by atoms with van der Waals surface area (Å²) < 4.78 is 3.73. The van der Waals surface area contributed by atoms with Crippen LogP contribution in [-0.4, -0.2) is 24.5 Å². The number of nitrogens with zero attached hydrogens (tertiary/aromatic N) is 5. The van der Waals surface area contributed by atoms with Crippen molar-refractivity contribution in [2.75, 3.05) is 0 Å². The molecule has 16 heavy (non-hydrogen) atoms. The topological polar surface area (TPSA) is 48.5 Å². The molecule has 0 aliphatic heterocycles. The Kier molecular flexibility index (Phi) is 1.80. The average molecular weight is 213 g/mol. The van der Waals surface area contributed by atoms with Crippen LogP contribution in [0, 0.1) is 0 Å². The Hall–Kier alpha value is -2.17. The van der Waals surface area contributed by atoms with E-state index in [2.05, 4.69) is 15.3 Å². The summed E-state index contributed by atoms with van der Waals surface area (Å²) in [7, 11) is 3.85. The van der Waals surface area contributed by atoms with E-state index < -0.39 is 0 Å². The minimum atomic E-state index is 0.789. The summed E-state index contributed by atoms with van der Waals surface area (Å²) in [5.74, 6) is 0.789. The molecule has 0 atom stereocenters. The number of aromatic nitrogens is 5. The van der Waals surface area contributed by atoms with E-state index in [9.17, 15) is 0 Å². The number of fused-ring (bicyclic) bond motifs is 1. The highest BCUT2D eigenvalue weighted by Gasteiger charge is 2.13. The lowest BCUT2D eigenvalue weighted by atomic mass is 10.2. The second kappa shape index (κ2) is 3.16. The lowest BCUT2D eigenvalue weighted by Gasteiger charge is -1.95. The van der Waals surface area contributed by atoms with Crippen molar-refractivity contribution in [3.63, 3.8) is 0 Å². The smallest absolute Gasteiger partial charge is 0.184 e. The zero-order chi connectivity index (χ0) is 11.1. The van der Waals surface area contributed by atoms with Crippen LogP contribution < -0.4 is 0 Å². The monoisotopic (exact) mass is 213 g/mol. The number of benzene rings is 1. The van der Waals surface area contributed by atoms with Crippen LogP contribution in [0.25, 0.3) is 22.4 Å². The predicted molar refractivity (Wildman–Crippen MR) is 60.7 cm³/mol. The summed E-state index contributed by atoms with van der Waals surface area (Å²) in [5, 5.41) is 13.5. The minimum Gasteiger partial charge on any atom is -0.315 e. The molecule has 3 rings (SSSR count). The molecule has 0 fully saturated rings. The van der Waals surface area contributed by atoms with Crippen molar-refractivity contribution >= 4 is 10.9 Å². The predicted octanol–water partition coefficient (Wildman–Crippen LogP) is 1.37. The third-order valence-corrected chi connectivity index (χ3v) is 2.68. The van der Waals surface area contributed by atoms with Gasteiger partial charge in [-0.3, -0.25) is 4.68 Å². The van der Waals surface area contributed by atoms with Crippen molar-refractivity contribution in [3.05, 3.63) is 30.6 Å². The molecular formula is C11H11N5. The van der Waals surface area contributed by atoms with Gasteiger partial charge in [0.25, 0.3) is 0 Å². The van der Waals surface area contributed by atoms with E-state index in [0.29, 0.717) is 0 Å². The molecule has 0 spiro atoms. The van der Waals surface area contributed by atoms with Crippen LogP contribution in [0.2, 0.25) is 0 Å². The number of hydrogen-bond donors (Lipinski definition) is 0. The van der Waals surface area contributed by atoms with Gasteiger partial charge < -0.3 is 4.57 Å². The summed E-state index contributed by atoms with van der Waals surface area (Å²) in [6.45, 7) is 0. The molecule has 0 aliphatic carbocycles. The normalized spacial score (nSPS) is 11.1. The van der Waals surface area contributed by atoms with E-state index in [1.807, 2.05) is 47.6 Å². The zero-order valence-electron chi connectivity index (χ0n) is 9.12. The molecular weight excluding hydrogens is 202 g/mol. The molecule has 1 aromatic carbocycles. The first-order valence-electron chi connectivity index (χ1n) is 5.03. The summed E-state index contributed by atoms with van der Waals surface area (Å²) in [4.78, 5) is 0. The van der Waals surface area contributed by atoms with Gasteiger partial charge in [-0.15, -0.1) is 10.2 Å². The summed E-state index contributed by atoms with van der Waals surface area (Å²) in [6, 6.07) is 8.10. The number of hydrogen-bond acceptors (Lipinski definition) is 3. The number of para-hydroxylation sites is 1. The molecule has 0 amide bonds. The molecule has 2 aromatic heterocycles. The average Bonchev–Trinajstić information content (AvgIpc) is 2.84. The van der Waals surface area contributed by atoms with Gasteiger partial charge in [0.1, 0.15) is 12.0 Å². The molecule has 0 saturated carbocycles. The van der Waals surface area contributed by atoms with E-state index in [1.165, 1.54) is 0 Å². The van der Waals surface area contributed by atoms with Gasteiger partial charge in [-0.05, 0) is 6.07 Å². The fraction of sp³-hybridized carbons (Fsp3) is 0.182. The third kappa shape index (κ3) is 1.14. The van der Waals surface area contributed by atoms with Crippen LogP contribution in [0.1, 0.15) is 0 Å². The maximum atomic E-state index is 4.49. The Labute approximate surface area is 92.3 Å². The third-order valence-electron chi connectivity index (χ3n) is 2.68. The van der Waals surface area contributed by atoms with E-state index in [-0.39, 0.29) is 0 Å². The molecule has 5 heteroatoms. The van der Waals surface area contributed by atoms with Crippen molar-refractivity contribution < 1.29 is 0 Å². The Bertz CT molecular complexity index is 649. The van der Waals surface area contributed by atoms with Crippen LogP contribution in [0.15, 0.2) is 30.6 Å². The van der Waals surface area contributed by atoms with Gasteiger partial charge in [0.05, 0.1) is 5.52 Å². The molecule has 80 valence electrons. The zero-order valence-corrected chi connectivity index (χ0v) is 9.12. The van der Waals surface area contributed by atoms with Gasteiger partial charge in [-0.1, -0.05) is 18.2 Å². The molecule has 0 N–H and O–H groups in total. The van der Waals surface area contributed by atoms with Crippen molar-refractivity contribution in [1.29, 1.82) is 0 Å². The number of aryl methyl sites for hydroxylation is 2. The van der Waals surface area contributed by atoms with Gasteiger partial charge >= 0.3 is 0 Å². The van der Waals surface area contributed by atoms with Crippen LogP contribution >= 0.6 is 0 Å². The van der Waals surface area contributed by atoms with E-state index in [4.69, 9.17) is 0 Å². The fourth-order valence-corrected chi connectivity index (χ4v) is 1.88. The Morgan fingerprint density at radius 3 is 2.69 bits per heavy atom. The quantitative estimate of drug-likeness (QED) is 0.613. The van der Waals surface area contributed by atoms with Crippen molar-refractivity contribution in [2.45, 2.75) is 0 Å². The molecule has 3 aromatic rings. The fourth-order valence-electron chi connectivity index (χ4n) is 1.88. The molecule has 0 radical (unpaired) electrons. The first-order chi connectivity index (χ1) is 7.77. The minimum absolute atomic E-state index is 0.789. The largest absolute Gasteiger partial charge is 0.315 e. The van der Waals surface area contributed by atoms with Crippen LogP contribution in [0.4, 0.5) is 0 Å². The van der Waals surface area contributed by atoms with Crippen molar-refractivity contribution in [2.24, 2.45) is 14.1 Å². The highest BCUT2D eigenvalue weighted by atomic mass is 15.3. The second-order valence-corrected chi connectivity index (χ2v) is 3.75. The molecule has 0 bridgehead atoms. The SMILES string of the molecule is Cn1cnnc1-c1nn(C)c2ccccc12. The Morgan fingerprint density at radius 2 is 1.94 bits per heavy atom. The van der Waals surface area contributed by atoms with Crippen LogP contribution in [0.3, 0.4) is 0 Å². The van der Waals surface area contributed by atoms with Gasteiger partial charge in [0, 0.05) is 19.5 Å². The summed E-state index contributed by atoms with van der Waals surface area (Å²) >= 11 is 0. The number of rotatable bonds is 1. The molecule has 2 heterocycles. The Morgan fingerprint density at radius 1 is 1.12 bits per heavy atom. The van der Waals surface area contributed by atoms with Gasteiger partial charge in [-0.25, -0.2) is 0 Å². The van der Waals surface area contributed by atoms with Gasteiger partial charge in [-0.2, -0.15) is 5.10 Å². The van der Waals surface area contributed by atoms with Crippen LogP contribution in [0.5, 0.6) is 0 Å². The van der Waals surface area contributed by atoms with Crippen molar-refractivity contribution in [3.8, 4) is 11.5 Å². The molecule has 5 nitrogen and oxygen atoms in total. The standard InChI is InChI=1S/C11H11N5/c1-15-7-12-13-11(15)10-8-5-3-4-6-9(8)16(2)14-10/h3-7H,1-2H3. The highest BCUT2D eigenvalue weighted by molar-refractivity contribution is 5.91. The first-order valence-corrected chi connectivity index (χ1v) is 5.03. The molecule has 0 aliphatic rings. The van der Waals surface area contributed by atoms with E-state index >= 15 is 0 Å². The van der Waals surface area contributed by atoms with Gasteiger partial charge in [0.15, 0.2) is 5.82 Å². The lowest BCUT2D eigenvalue weighted by Crippen LogP contribution is -1.94. The first kappa shape index (κ1) is 9.08. The van der Waals surface area contributed by atoms with Crippen molar-refractivity contribution in [1.82, 2.24) is 24.5 Å². The van der Waals surface area contributed by atoms with Crippen LogP contribution in [-0.2, 0) is 14.1 Å². The van der Waals surface area contributed by atoms with E-state index in [1.54, 1.807) is 6.33 Å². The second-order valence-electron chi connectivity index (χ2n) is 3.75. The highest BCUT2D eigenvalue weighted by Crippen LogP contribution is 2.24. The molecule has 0 unspecified atom stereocenters. The van der Waals surface area contributed by atoms with Gasteiger partial charge in [0.2, 0.25) is 0 Å². The maximum Gasteiger partial charge on any atom is 0.184 e. The molecule has 0 saturated heterocycles. The summed E-state index contributed by atoms with van der Waals surface area (Å²) in [6.07, 6.45) is 1.68. The summed E-state index contributed by atoms with van der Waals surface area (Å²) in [5.41, 5.74) is 1.97.